The second-order valence-electron chi connectivity index (χ2n) is 6.42. The molecule has 0 atom stereocenters. The monoisotopic (exact) mass is 344 g/mol. The van der Waals surface area contributed by atoms with Crippen LogP contribution in [0.4, 0.5) is 5.82 Å². The van der Waals surface area contributed by atoms with Gasteiger partial charge in [0.15, 0.2) is 0 Å². The summed E-state index contributed by atoms with van der Waals surface area (Å²) in [6.07, 6.45) is 1.93. The van der Waals surface area contributed by atoms with E-state index in [1.165, 1.54) is 5.56 Å². The van der Waals surface area contributed by atoms with E-state index in [9.17, 15) is 4.79 Å². The molecular weight excluding hydrogens is 324 g/mol. The van der Waals surface area contributed by atoms with Crippen molar-refractivity contribution >= 4 is 22.6 Å². The van der Waals surface area contributed by atoms with E-state index in [-0.39, 0.29) is 5.91 Å². The van der Waals surface area contributed by atoms with Crippen LogP contribution in [0.25, 0.3) is 10.9 Å². The Morgan fingerprint density at radius 3 is 2.54 bits per heavy atom. The number of nitrogens with zero attached hydrogens (tertiary/aromatic N) is 3. The summed E-state index contributed by atoms with van der Waals surface area (Å²) in [4.78, 5) is 12.9. The third-order valence-electron chi connectivity index (χ3n) is 4.47. The van der Waals surface area contributed by atoms with Crippen molar-refractivity contribution in [1.29, 1.82) is 0 Å². The standard InChI is InChI=1S/C21H20N4O/c1-15-12-20(24(2)23-15)22-21(26)18-14-25(13-16-8-4-3-5-9-16)19-11-7-6-10-17(18)19/h3-12,14H,13H2,1-2H3,(H,22,26). The molecule has 5 nitrogen and oxygen atoms in total. The Morgan fingerprint density at radius 1 is 1.08 bits per heavy atom. The molecule has 4 aromatic rings. The Kier molecular flexibility index (Phi) is 4.05. The van der Waals surface area contributed by atoms with Gasteiger partial charge < -0.3 is 9.88 Å². The van der Waals surface area contributed by atoms with Gasteiger partial charge in [-0.3, -0.25) is 9.48 Å². The Balaban J connectivity index is 1.71. The molecule has 1 N–H and O–H groups in total. The summed E-state index contributed by atoms with van der Waals surface area (Å²) in [6, 6.07) is 20.1. The first kappa shape index (κ1) is 16.1. The van der Waals surface area contributed by atoms with Crippen molar-refractivity contribution in [3.05, 3.63) is 83.7 Å². The highest BCUT2D eigenvalue weighted by Crippen LogP contribution is 2.23. The maximum atomic E-state index is 12.9. The van der Waals surface area contributed by atoms with Crippen LogP contribution in [0.2, 0.25) is 0 Å². The van der Waals surface area contributed by atoms with Crippen molar-refractivity contribution in [1.82, 2.24) is 14.3 Å². The van der Waals surface area contributed by atoms with Gasteiger partial charge in [0, 0.05) is 36.8 Å². The molecule has 2 aromatic carbocycles. The van der Waals surface area contributed by atoms with Crippen molar-refractivity contribution in [2.75, 3.05) is 5.32 Å². The number of amides is 1. The average molecular weight is 344 g/mol. The van der Waals surface area contributed by atoms with Crippen molar-refractivity contribution in [2.24, 2.45) is 7.05 Å². The van der Waals surface area contributed by atoms with Crippen LogP contribution in [0.15, 0.2) is 66.9 Å². The number of nitrogens with one attached hydrogen (secondary N) is 1. The lowest BCUT2D eigenvalue weighted by Crippen LogP contribution is -2.14. The van der Waals surface area contributed by atoms with Gasteiger partial charge in [0.2, 0.25) is 0 Å². The normalized spacial score (nSPS) is 11.0. The Bertz CT molecular complexity index is 1080. The largest absolute Gasteiger partial charge is 0.342 e. The van der Waals surface area contributed by atoms with E-state index in [1.807, 2.05) is 68.7 Å². The maximum absolute atomic E-state index is 12.9. The van der Waals surface area contributed by atoms with E-state index in [0.29, 0.717) is 11.4 Å². The summed E-state index contributed by atoms with van der Waals surface area (Å²) >= 11 is 0. The molecule has 26 heavy (non-hydrogen) atoms. The Morgan fingerprint density at radius 2 is 1.81 bits per heavy atom. The predicted octanol–water partition coefficient (Wildman–Crippen LogP) is 3.98. The lowest BCUT2D eigenvalue weighted by atomic mass is 10.1. The summed E-state index contributed by atoms with van der Waals surface area (Å²) in [7, 11) is 1.82. The predicted molar refractivity (Wildman–Crippen MR) is 103 cm³/mol. The molecular formula is C21H20N4O. The molecule has 0 saturated heterocycles. The van der Waals surface area contributed by atoms with Crippen LogP contribution in [-0.2, 0) is 13.6 Å². The molecule has 0 spiro atoms. The third-order valence-corrected chi connectivity index (χ3v) is 4.47. The molecule has 1 amide bonds. The number of rotatable bonds is 4. The molecule has 0 radical (unpaired) electrons. The van der Waals surface area contributed by atoms with Gasteiger partial charge in [-0.15, -0.1) is 0 Å². The Hall–Kier alpha value is -3.34. The molecule has 0 aliphatic heterocycles. The molecule has 2 aromatic heterocycles. The lowest BCUT2D eigenvalue weighted by molar-refractivity contribution is 0.102. The molecule has 5 heteroatoms. The minimum absolute atomic E-state index is 0.129. The van der Waals surface area contributed by atoms with Gasteiger partial charge in [-0.2, -0.15) is 5.10 Å². The van der Waals surface area contributed by atoms with Gasteiger partial charge in [0.1, 0.15) is 5.82 Å². The lowest BCUT2D eigenvalue weighted by Gasteiger charge is -2.05. The number of benzene rings is 2. The first-order valence-electron chi connectivity index (χ1n) is 8.55. The molecule has 0 fully saturated rings. The van der Waals surface area contributed by atoms with Crippen LogP contribution in [0, 0.1) is 6.92 Å². The second-order valence-corrected chi connectivity index (χ2v) is 6.42. The second kappa shape index (κ2) is 6.52. The summed E-state index contributed by atoms with van der Waals surface area (Å²) < 4.78 is 3.80. The molecule has 0 saturated carbocycles. The van der Waals surface area contributed by atoms with Crippen molar-refractivity contribution < 1.29 is 4.79 Å². The van der Waals surface area contributed by atoms with E-state index in [2.05, 4.69) is 27.1 Å². The first-order chi connectivity index (χ1) is 12.6. The van der Waals surface area contributed by atoms with Crippen LogP contribution in [-0.4, -0.2) is 20.3 Å². The fourth-order valence-electron chi connectivity index (χ4n) is 3.25. The number of hydrogen-bond donors (Lipinski definition) is 1. The number of hydrogen-bond acceptors (Lipinski definition) is 2. The number of carbonyl (C=O) groups excluding carboxylic acids is 1. The molecule has 130 valence electrons. The van der Waals surface area contributed by atoms with E-state index < -0.39 is 0 Å². The van der Waals surface area contributed by atoms with E-state index in [0.717, 1.165) is 23.1 Å². The molecule has 0 bridgehead atoms. The number of anilines is 1. The van der Waals surface area contributed by atoms with Crippen LogP contribution in [0.5, 0.6) is 0 Å². The topological polar surface area (TPSA) is 51.9 Å². The highest BCUT2D eigenvalue weighted by atomic mass is 16.1. The average Bonchev–Trinajstić information content (AvgIpc) is 3.16. The first-order valence-corrected chi connectivity index (χ1v) is 8.55. The van der Waals surface area contributed by atoms with Gasteiger partial charge in [-0.05, 0) is 18.6 Å². The third kappa shape index (κ3) is 2.99. The van der Waals surface area contributed by atoms with Crippen LogP contribution in [0.3, 0.4) is 0 Å². The van der Waals surface area contributed by atoms with Gasteiger partial charge >= 0.3 is 0 Å². The number of carbonyl (C=O) groups is 1. The summed E-state index contributed by atoms with van der Waals surface area (Å²) in [6.45, 7) is 2.63. The molecule has 2 heterocycles. The Labute approximate surface area is 151 Å². The zero-order chi connectivity index (χ0) is 18.1. The highest BCUT2D eigenvalue weighted by molar-refractivity contribution is 6.12. The zero-order valence-corrected chi connectivity index (χ0v) is 14.8. The van der Waals surface area contributed by atoms with E-state index >= 15 is 0 Å². The minimum Gasteiger partial charge on any atom is -0.342 e. The molecule has 0 aliphatic rings. The van der Waals surface area contributed by atoms with Gasteiger partial charge in [-0.1, -0.05) is 48.5 Å². The summed E-state index contributed by atoms with van der Waals surface area (Å²) in [5, 5.41) is 8.19. The van der Waals surface area contributed by atoms with Gasteiger partial charge in [0.05, 0.1) is 11.3 Å². The fourth-order valence-corrected chi connectivity index (χ4v) is 3.25. The van der Waals surface area contributed by atoms with Crippen molar-refractivity contribution in [2.45, 2.75) is 13.5 Å². The summed E-state index contributed by atoms with van der Waals surface area (Å²) in [5.74, 6) is 0.559. The van der Waals surface area contributed by atoms with Gasteiger partial charge in [0.25, 0.3) is 5.91 Å². The van der Waals surface area contributed by atoms with Crippen molar-refractivity contribution in [3.63, 3.8) is 0 Å². The quantitative estimate of drug-likeness (QED) is 0.609. The maximum Gasteiger partial charge on any atom is 0.258 e. The number of fused-ring (bicyclic) bond motifs is 1. The number of para-hydroxylation sites is 1. The van der Waals surface area contributed by atoms with Crippen molar-refractivity contribution in [3.8, 4) is 0 Å². The minimum atomic E-state index is -0.129. The highest BCUT2D eigenvalue weighted by Gasteiger charge is 2.16. The number of aromatic nitrogens is 3. The smallest absolute Gasteiger partial charge is 0.258 e. The van der Waals surface area contributed by atoms with Crippen LogP contribution < -0.4 is 5.32 Å². The van der Waals surface area contributed by atoms with Crippen LogP contribution in [0.1, 0.15) is 21.6 Å². The van der Waals surface area contributed by atoms with E-state index in [1.54, 1.807) is 4.68 Å². The molecule has 0 unspecified atom stereocenters. The molecule has 0 aliphatic carbocycles. The zero-order valence-electron chi connectivity index (χ0n) is 14.8. The van der Waals surface area contributed by atoms with Crippen LogP contribution >= 0.6 is 0 Å². The number of aryl methyl sites for hydroxylation is 2. The summed E-state index contributed by atoms with van der Waals surface area (Å²) in [5.41, 5.74) is 3.77. The SMILES string of the molecule is Cc1cc(NC(=O)c2cn(Cc3ccccc3)c3ccccc23)n(C)n1. The van der Waals surface area contributed by atoms with E-state index in [4.69, 9.17) is 0 Å². The van der Waals surface area contributed by atoms with Gasteiger partial charge in [-0.25, -0.2) is 0 Å². The fraction of sp³-hybridized carbons (Fsp3) is 0.143. The molecule has 4 rings (SSSR count).